The molecule has 3 fully saturated rings. The Hall–Kier alpha value is -0.300. The summed E-state index contributed by atoms with van der Waals surface area (Å²) in [6.45, 7) is 15.1. The molecule has 0 heterocycles. The molecule has 1 N–H and O–H groups in total. The first-order valence-electron chi connectivity index (χ1n) is 13.6. The first kappa shape index (κ1) is 22.9. The molecule has 6 unspecified atom stereocenters. The van der Waals surface area contributed by atoms with Gasteiger partial charge in [0.15, 0.2) is 0 Å². The molecule has 4 rings (SSSR count). The third-order valence-electron chi connectivity index (χ3n) is 11.3. The fraction of sp³-hybridized carbons (Fsp3) is 0.931. The van der Waals surface area contributed by atoms with Crippen LogP contribution < -0.4 is 0 Å². The van der Waals surface area contributed by atoms with Crippen LogP contribution in [0.5, 0.6) is 0 Å². The maximum absolute atomic E-state index is 10.2. The van der Waals surface area contributed by atoms with Crippen molar-refractivity contribution in [3.05, 3.63) is 11.6 Å². The second-order valence-corrected chi connectivity index (χ2v) is 12.9. The number of aliphatic hydroxyl groups excluding tert-OH is 1. The fourth-order valence-corrected chi connectivity index (χ4v) is 9.30. The summed E-state index contributed by atoms with van der Waals surface area (Å²) < 4.78 is 0. The van der Waals surface area contributed by atoms with Crippen LogP contribution in [-0.2, 0) is 0 Å². The Kier molecular flexibility index (Phi) is 6.53. The van der Waals surface area contributed by atoms with E-state index in [2.05, 4.69) is 47.6 Å². The highest BCUT2D eigenvalue weighted by Gasteiger charge is 2.59. The van der Waals surface area contributed by atoms with Crippen molar-refractivity contribution in [3.8, 4) is 0 Å². The third kappa shape index (κ3) is 3.74. The third-order valence-corrected chi connectivity index (χ3v) is 11.3. The molecule has 1 nitrogen and oxygen atoms in total. The molecule has 0 aliphatic heterocycles. The summed E-state index contributed by atoms with van der Waals surface area (Å²) in [6, 6.07) is 0. The molecule has 0 bridgehead atoms. The molecular weight excluding hydrogens is 364 g/mol. The van der Waals surface area contributed by atoms with E-state index in [0.717, 1.165) is 54.3 Å². The Morgan fingerprint density at radius 3 is 2.47 bits per heavy atom. The second kappa shape index (κ2) is 8.57. The lowest BCUT2D eigenvalue weighted by atomic mass is 9.47. The second-order valence-electron chi connectivity index (χ2n) is 12.9. The van der Waals surface area contributed by atoms with Crippen LogP contribution in [-0.4, -0.2) is 11.2 Å². The summed E-state index contributed by atoms with van der Waals surface area (Å²) in [5.74, 6) is 6.31. The number of hydrogen-bond donors (Lipinski definition) is 1. The number of allylic oxidation sites excluding steroid dienone is 1. The van der Waals surface area contributed by atoms with Crippen LogP contribution in [0.3, 0.4) is 0 Å². The molecule has 4 aliphatic carbocycles. The first-order valence-corrected chi connectivity index (χ1v) is 13.6. The zero-order valence-electron chi connectivity index (χ0n) is 20.9. The van der Waals surface area contributed by atoms with Crippen LogP contribution in [0.2, 0.25) is 0 Å². The van der Waals surface area contributed by atoms with Gasteiger partial charge in [0.25, 0.3) is 0 Å². The number of rotatable bonds is 6. The van der Waals surface area contributed by atoms with Crippen LogP contribution in [0.15, 0.2) is 11.6 Å². The van der Waals surface area contributed by atoms with Crippen molar-refractivity contribution in [2.45, 2.75) is 118 Å². The molecule has 4 aliphatic rings. The molecule has 9 atom stereocenters. The van der Waals surface area contributed by atoms with Crippen LogP contribution in [0.25, 0.3) is 0 Å². The minimum atomic E-state index is -0.0794. The minimum absolute atomic E-state index is 0.0794. The van der Waals surface area contributed by atoms with Gasteiger partial charge in [-0.25, -0.2) is 0 Å². The van der Waals surface area contributed by atoms with Crippen LogP contribution in [0.4, 0.5) is 0 Å². The van der Waals surface area contributed by atoms with Gasteiger partial charge in [0.2, 0.25) is 0 Å². The van der Waals surface area contributed by atoms with E-state index in [-0.39, 0.29) is 6.10 Å². The highest BCUT2D eigenvalue weighted by Crippen LogP contribution is 2.67. The Morgan fingerprint density at radius 1 is 1.00 bits per heavy atom. The van der Waals surface area contributed by atoms with Crippen LogP contribution >= 0.6 is 0 Å². The lowest BCUT2D eigenvalue weighted by Crippen LogP contribution is -2.50. The molecular formula is C29H50O. The van der Waals surface area contributed by atoms with E-state index >= 15 is 0 Å². The van der Waals surface area contributed by atoms with E-state index in [4.69, 9.17) is 0 Å². The molecule has 3 saturated carbocycles. The Balaban J connectivity index is 1.47. The van der Waals surface area contributed by atoms with Crippen molar-refractivity contribution in [2.24, 2.45) is 52.3 Å². The van der Waals surface area contributed by atoms with Crippen LogP contribution in [0.1, 0.15) is 112 Å². The van der Waals surface area contributed by atoms with Gasteiger partial charge in [-0.2, -0.15) is 0 Å². The van der Waals surface area contributed by atoms with Crippen molar-refractivity contribution < 1.29 is 5.11 Å². The first-order chi connectivity index (χ1) is 14.2. The van der Waals surface area contributed by atoms with E-state index in [1.807, 2.05) is 0 Å². The Bertz CT molecular complexity index is 634. The van der Waals surface area contributed by atoms with E-state index < -0.39 is 0 Å². The van der Waals surface area contributed by atoms with Gasteiger partial charge >= 0.3 is 0 Å². The van der Waals surface area contributed by atoms with Gasteiger partial charge in [-0.1, -0.05) is 66.0 Å². The molecule has 1 heteroatoms. The summed E-state index contributed by atoms with van der Waals surface area (Å²) >= 11 is 0. The van der Waals surface area contributed by atoms with Gasteiger partial charge in [0, 0.05) is 0 Å². The van der Waals surface area contributed by atoms with Gasteiger partial charge in [0.05, 0.1) is 6.10 Å². The quantitative estimate of drug-likeness (QED) is 0.436. The smallest absolute Gasteiger partial charge is 0.0577 e. The monoisotopic (exact) mass is 414 g/mol. The summed E-state index contributed by atoms with van der Waals surface area (Å²) in [7, 11) is 0. The molecule has 0 spiro atoms. The number of fused-ring (bicyclic) bond motifs is 5. The molecule has 0 aromatic carbocycles. The maximum Gasteiger partial charge on any atom is 0.0577 e. The van der Waals surface area contributed by atoms with Crippen LogP contribution in [0, 0.1) is 52.3 Å². The molecule has 30 heavy (non-hydrogen) atoms. The number of hydrogen-bond acceptors (Lipinski definition) is 1. The zero-order valence-corrected chi connectivity index (χ0v) is 20.9. The standard InChI is InChI=1S/C29H50O/c1-7-21(19(2)3)9-8-20(4)25-12-13-26-24-11-10-22-18-23(30)14-16-28(22,5)27(24)15-17-29(25,26)6/h10,19-21,23-27,30H,7-9,11-18H2,1-6H3/t20?,21?,23-,24?,25?,26?,27?,28-,29+/m0/s1. The normalized spacial score (nSPS) is 45.3. The maximum atomic E-state index is 10.2. The molecule has 0 amide bonds. The van der Waals surface area contributed by atoms with E-state index in [1.165, 1.54) is 57.8 Å². The minimum Gasteiger partial charge on any atom is -0.393 e. The average Bonchev–Trinajstić information content (AvgIpc) is 3.06. The predicted octanol–water partition coefficient (Wildman–Crippen LogP) is 8.02. The summed E-state index contributed by atoms with van der Waals surface area (Å²) in [6.07, 6.45) is 17.1. The molecule has 172 valence electrons. The molecule has 0 aromatic heterocycles. The highest BCUT2D eigenvalue weighted by molar-refractivity contribution is 5.25. The topological polar surface area (TPSA) is 20.2 Å². The highest BCUT2D eigenvalue weighted by atomic mass is 16.3. The zero-order chi connectivity index (χ0) is 21.7. The molecule has 0 aromatic rings. The van der Waals surface area contributed by atoms with E-state index in [0.29, 0.717) is 10.8 Å². The number of aliphatic hydroxyl groups is 1. The molecule has 0 saturated heterocycles. The molecule has 0 radical (unpaired) electrons. The van der Waals surface area contributed by atoms with Gasteiger partial charge in [-0.05, 0) is 110 Å². The SMILES string of the molecule is CCC(CCC(C)C1CCC2C3CC=C4C[C@@H](O)CC[C@]4(C)C3CC[C@]12C)C(C)C. The summed E-state index contributed by atoms with van der Waals surface area (Å²) in [5, 5.41) is 10.2. The summed E-state index contributed by atoms with van der Waals surface area (Å²) in [5.41, 5.74) is 2.59. The van der Waals surface area contributed by atoms with Crippen molar-refractivity contribution in [1.29, 1.82) is 0 Å². The Labute approximate surface area is 187 Å². The summed E-state index contributed by atoms with van der Waals surface area (Å²) in [4.78, 5) is 0. The van der Waals surface area contributed by atoms with Gasteiger partial charge < -0.3 is 5.11 Å². The average molecular weight is 415 g/mol. The van der Waals surface area contributed by atoms with E-state index in [1.54, 1.807) is 5.57 Å². The predicted molar refractivity (Wildman–Crippen MR) is 128 cm³/mol. The Morgan fingerprint density at radius 2 is 1.77 bits per heavy atom. The van der Waals surface area contributed by atoms with Gasteiger partial charge in [-0.15, -0.1) is 0 Å². The lowest BCUT2D eigenvalue weighted by molar-refractivity contribution is -0.0575. The largest absolute Gasteiger partial charge is 0.393 e. The van der Waals surface area contributed by atoms with Crippen molar-refractivity contribution in [3.63, 3.8) is 0 Å². The van der Waals surface area contributed by atoms with Crippen molar-refractivity contribution in [2.75, 3.05) is 0 Å². The fourth-order valence-electron chi connectivity index (χ4n) is 9.30. The van der Waals surface area contributed by atoms with Gasteiger partial charge in [-0.3, -0.25) is 0 Å². The van der Waals surface area contributed by atoms with Gasteiger partial charge in [0.1, 0.15) is 0 Å². The van der Waals surface area contributed by atoms with Crippen molar-refractivity contribution in [1.82, 2.24) is 0 Å². The lowest BCUT2D eigenvalue weighted by Gasteiger charge is -2.58. The van der Waals surface area contributed by atoms with E-state index in [9.17, 15) is 5.11 Å². The van der Waals surface area contributed by atoms with Crippen molar-refractivity contribution >= 4 is 0 Å².